The Labute approximate surface area is 197 Å². The molecule has 186 valence electrons. The molecule has 34 heavy (non-hydrogen) atoms. The molecule has 0 aromatic carbocycles. The van der Waals surface area contributed by atoms with Crippen LogP contribution in [0.1, 0.15) is 24.6 Å². The maximum atomic E-state index is 13.3. The minimum Gasteiger partial charge on any atom is -0.387 e. The van der Waals surface area contributed by atoms with Crippen LogP contribution in [0.25, 0.3) is 11.0 Å². The summed E-state index contributed by atoms with van der Waals surface area (Å²) in [5.74, 6) is -0.961. The van der Waals surface area contributed by atoms with Crippen molar-refractivity contribution < 1.29 is 42.1 Å². The number of anilines is 1. The molecule has 2 aliphatic rings. The van der Waals surface area contributed by atoms with Gasteiger partial charge in [-0.15, -0.1) is 0 Å². The Morgan fingerprint density at radius 3 is 2.62 bits per heavy atom. The molecule has 1 saturated heterocycles. The van der Waals surface area contributed by atoms with Crippen LogP contribution in [-0.4, -0.2) is 85.0 Å². The Bertz CT molecular complexity index is 1310. The fourth-order valence-corrected chi connectivity index (χ4v) is 7.43. The number of halogens is 2. The Balaban J connectivity index is 1.65. The van der Waals surface area contributed by atoms with Crippen molar-refractivity contribution in [3.05, 3.63) is 16.9 Å². The first-order chi connectivity index (χ1) is 15.8. The number of alkyl halides is 1. The van der Waals surface area contributed by atoms with Crippen LogP contribution in [0.5, 0.6) is 0 Å². The Hall–Kier alpha value is -1.89. The highest BCUT2D eigenvalue weighted by molar-refractivity contribution is 7.97. The number of aliphatic hydroxyl groups is 2. The molecule has 0 radical (unpaired) electrons. The van der Waals surface area contributed by atoms with E-state index >= 15 is 0 Å². The van der Waals surface area contributed by atoms with Gasteiger partial charge in [-0.3, -0.25) is 4.57 Å². The van der Waals surface area contributed by atoms with Gasteiger partial charge in [0.15, 0.2) is 32.4 Å². The molecule has 0 amide bonds. The second-order valence-corrected chi connectivity index (χ2v) is 12.8. The van der Waals surface area contributed by atoms with Crippen molar-refractivity contribution in [1.82, 2.24) is 14.8 Å². The molecule has 4 atom stereocenters. The van der Waals surface area contributed by atoms with E-state index in [1.54, 1.807) is 0 Å². The van der Waals surface area contributed by atoms with Crippen molar-refractivity contribution in [3.63, 3.8) is 0 Å². The third-order valence-electron chi connectivity index (χ3n) is 5.60. The zero-order valence-electron chi connectivity index (χ0n) is 17.2. The zero-order valence-corrected chi connectivity index (χ0v) is 19.7. The van der Waals surface area contributed by atoms with Crippen LogP contribution in [0, 0.1) is 11.3 Å². The number of nitriles is 1. The number of hydrogen-bond acceptors (Lipinski definition) is 10. The van der Waals surface area contributed by atoms with E-state index in [2.05, 4.69) is 15.4 Å². The number of nitrogens with one attached hydrogen (secondary N) is 1. The number of rotatable bonds is 7. The summed E-state index contributed by atoms with van der Waals surface area (Å²) in [7, 11) is -9.25. The highest BCUT2D eigenvalue weighted by Crippen LogP contribution is 2.39. The summed E-state index contributed by atoms with van der Waals surface area (Å²) in [6.45, 7) is 0. The fraction of sp³-hybridized carbons (Fsp3) is 0.588. The average Bonchev–Trinajstić information content (AvgIpc) is 3.20. The first-order valence-electron chi connectivity index (χ1n) is 9.93. The number of pyridine rings is 1. The van der Waals surface area contributed by atoms with Gasteiger partial charge in [-0.2, -0.15) is 10.4 Å². The summed E-state index contributed by atoms with van der Waals surface area (Å²) < 4.78 is 55.1. The van der Waals surface area contributed by atoms with Crippen LogP contribution in [0.2, 0.25) is 5.15 Å². The summed E-state index contributed by atoms with van der Waals surface area (Å²) >= 11 is 6.17. The molecule has 4 rings (SSSR count). The van der Waals surface area contributed by atoms with Crippen LogP contribution in [0.3, 0.4) is 0 Å². The molecule has 0 unspecified atom stereocenters. The molecular formula is C17H20ClFN5O8PS. The monoisotopic (exact) mass is 539 g/mol. The van der Waals surface area contributed by atoms with Gasteiger partial charge in [0.05, 0.1) is 23.0 Å². The summed E-state index contributed by atoms with van der Waals surface area (Å²) in [5.41, 5.74) is -1.14. The molecule has 1 aliphatic heterocycles. The number of ether oxygens (including phenoxy) is 1. The first kappa shape index (κ1) is 25.2. The first-order valence-corrected chi connectivity index (χ1v) is 13.9. The van der Waals surface area contributed by atoms with Gasteiger partial charge >= 0.3 is 7.60 Å². The molecule has 5 N–H and O–H groups in total. The van der Waals surface area contributed by atoms with Gasteiger partial charge in [-0.25, -0.2) is 22.5 Å². The molecule has 17 heteroatoms. The zero-order chi connectivity index (χ0) is 25.0. The Morgan fingerprint density at radius 2 is 2.03 bits per heavy atom. The number of aliphatic hydroxyl groups excluding tert-OH is 2. The molecule has 0 spiro atoms. The third-order valence-corrected chi connectivity index (χ3v) is 9.63. The molecule has 0 bridgehead atoms. The minimum absolute atomic E-state index is 0.00496. The lowest BCUT2D eigenvalue weighted by atomic mass is 9.90. The molecule has 2 aromatic rings. The average molecular weight is 540 g/mol. The normalized spacial score (nSPS) is 29.7. The number of hydrogen-bond donors (Lipinski definition) is 5. The van der Waals surface area contributed by atoms with E-state index in [-0.39, 0.29) is 40.9 Å². The van der Waals surface area contributed by atoms with E-state index in [0.29, 0.717) is 5.39 Å². The van der Waals surface area contributed by atoms with Gasteiger partial charge in [-0.05, 0) is 12.8 Å². The van der Waals surface area contributed by atoms with Crippen LogP contribution < -0.4 is 5.32 Å². The molecule has 13 nitrogen and oxygen atoms in total. The second kappa shape index (κ2) is 8.96. The lowest BCUT2D eigenvalue weighted by molar-refractivity contribution is -0.0364. The molecule has 1 saturated carbocycles. The van der Waals surface area contributed by atoms with Gasteiger partial charge in [0.1, 0.15) is 36.1 Å². The Kier molecular flexibility index (Phi) is 6.64. The largest absolute Gasteiger partial charge is 0.387 e. The molecule has 2 fully saturated rings. The quantitative estimate of drug-likeness (QED) is 0.233. The smallest absolute Gasteiger partial charge is 0.340 e. The van der Waals surface area contributed by atoms with Gasteiger partial charge < -0.3 is 30.1 Å². The molecular weight excluding hydrogens is 520 g/mol. The molecule has 3 heterocycles. The predicted molar refractivity (Wildman–Crippen MR) is 115 cm³/mol. The summed E-state index contributed by atoms with van der Waals surface area (Å²) in [5, 5.41) is 37.6. The maximum absolute atomic E-state index is 13.3. The summed E-state index contributed by atoms with van der Waals surface area (Å²) in [6.07, 6.45) is -5.52. The number of sulfone groups is 1. The lowest BCUT2D eigenvalue weighted by Crippen LogP contribution is -2.36. The van der Waals surface area contributed by atoms with Gasteiger partial charge in [0.2, 0.25) is 0 Å². The third kappa shape index (κ3) is 4.91. The van der Waals surface area contributed by atoms with Crippen LogP contribution in [0.4, 0.5) is 10.1 Å². The van der Waals surface area contributed by atoms with E-state index in [1.165, 1.54) is 6.20 Å². The molecule has 2 aromatic heterocycles. The van der Waals surface area contributed by atoms with Gasteiger partial charge in [0.25, 0.3) is 0 Å². The van der Waals surface area contributed by atoms with Crippen molar-refractivity contribution in [2.24, 2.45) is 0 Å². The number of aromatic nitrogens is 3. The van der Waals surface area contributed by atoms with Crippen LogP contribution >= 0.6 is 19.2 Å². The van der Waals surface area contributed by atoms with Crippen molar-refractivity contribution in [2.45, 2.75) is 49.6 Å². The van der Waals surface area contributed by atoms with E-state index in [4.69, 9.17) is 26.1 Å². The minimum atomic E-state index is -4.89. The number of nitrogens with zero attached hydrogens (tertiary/aromatic N) is 4. The van der Waals surface area contributed by atoms with E-state index < -0.39 is 59.4 Å². The highest BCUT2D eigenvalue weighted by atomic mass is 35.5. The maximum Gasteiger partial charge on any atom is 0.340 e. The standard InChI is InChI=1S/C17H20ClFN5O8PS/c18-15-9(3-20)12(22-8-1-7(19)2-8)10-4-21-24(16(10)23-15)17-14(26)13(25)11(32-17)5-34(30,31)6-33(27,28)29/h4,7-8,11,13-14,17,25-26H,1-2,5-6H2,(H,22,23)(H2,27,28,29)/t7-,8-,11-,13-,14-,17-/m1/s1. The summed E-state index contributed by atoms with van der Waals surface area (Å²) in [4.78, 5) is 22.0. The fourth-order valence-electron chi connectivity index (χ4n) is 3.97. The van der Waals surface area contributed by atoms with Crippen molar-refractivity contribution >= 4 is 45.8 Å². The van der Waals surface area contributed by atoms with E-state index in [1.807, 2.05) is 6.07 Å². The van der Waals surface area contributed by atoms with E-state index in [0.717, 1.165) is 4.68 Å². The lowest BCUT2D eigenvalue weighted by Gasteiger charge is -2.31. The summed E-state index contributed by atoms with van der Waals surface area (Å²) in [6, 6.07) is 1.68. The highest BCUT2D eigenvalue weighted by Gasteiger charge is 2.47. The van der Waals surface area contributed by atoms with Crippen molar-refractivity contribution in [3.8, 4) is 6.07 Å². The second-order valence-electron chi connectivity index (χ2n) is 8.25. The van der Waals surface area contributed by atoms with Crippen LogP contribution in [-0.2, 0) is 19.1 Å². The SMILES string of the molecule is N#Cc1c(Cl)nc2c(cnn2[C@@H]2O[C@H](CS(=O)(=O)CP(=O)(O)O)[C@@H](O)[C@H]2O)c1N[C@H]1C[C@H](F)C1. The Morgan fingerprint density at radius 1 is 1.35 bits per heavy atom. The van der Waals surface area contributed by atoms with Crippen molar-refractivity contribution in [2.75, 3.05) is 16.6 Å². The van der Waals surface area contributed by atoms with E-state index in [9.17, 15) is 32.8 Å². The van der Waals surface area contributed by atoms with Crippen LogP contribution in [0.15, 0.2) is 6.20 Å². The van der Waals surface area contributed by atoms with Crippen molar-refractivity contribution in [1.29, 1.82) is 5.26 Å². The predicted octanol–water partition coefficient (Wildman–Crippen LogP) is 0.0380. The van der Waals surface area contributed by atoms with Gasteiger partial charge in [0, 0.05) is 6.04 Å². The molecule has 1 aliphatic carbocycles. The number of fused-ring (bicyclic) bond motifs is 1. The topological polar surface area (TPSA) is 208 Å². The van der Waals surface area contributed by atoms with Gasteiger partial charge in [-0.1, -0.05) is 11.6 Å².